The minimum absolute atomic E-state index is 0.158. The summed E-state index contributed by atoms with van der Waals surface area (Å²) in [5, 5.41) is 11.7. The number of phenols is 1. The summed E-state index contributed by atoms with van der Waals surface area (Å²) in [5.74, 6) is 0.696. The van der Waals surface area contributed by atoms with Crippen molar-refractivity contribution in [1.82, 2.24) is 4.98 Å². The molecule has 0 unspecified atom stereocenters. The number of hydrogen-bond acceptors (Lipinski definition) is 4. The lowest BCUT2D eigenvalue weighted by Gasteiger charge is -2.00. The molecule has 72 valence electrons. The largest absolute Gasteiger partial charge is 0.508 e. The van der Waals surface area contributed by atoms with E-state index in [4.69, 9.17) is 16.3 Å². The zero-order valence-electron chi connectivity index (χ0n) is 6.98. The molecular weight excluding hydrogens is 222 g/mol. The Morgan fingerprint density at radius 3 is 2.93 bits per heavy atom. The van der Waals surface area contributed by atoms with Crippen molar-refractivity contribution in [3.8, 4) is 16.7 Å². The van der Waals surface area contributed by atoms with Gasteiger partial charge in [-0.2, -0.15) is 4.98 Å². The van der Waals surface area contributed by atoms with Gasteiger partial charge in [-0.1, -0.05) is 29.0 Å². The molecule has 5 heteroatoms. The van der Waals surface area contributed by atoms with E-state index in [0.29, 0.717) is 16.1 Å². The number of ether oxygens (including phenoxy) is 1. The van der Waals surface area contributed by atoms with Gasteiger partial charge in [0.05, 0.1) is 0 Å². The van der Waals surface area contributed by atoms with Gasteiger partial charge in [0.15, 0.2) is 0 Å². The summed E-state index contributed by atoms with van der Waals surface area (Å²) in [6.07, 6.45) is 0. The maximum atomic E-state index is 9.17. The maximum Gasteiger partial charge on any atom is 0.280 e. The molecular formula is C9H6ClNO2S. The minimum atomic E-state index is 0.158. The van der Waals surface area contributed by atoms with Crippen LogP contribution in [0.4, 0.5) is 0 Å². The third kappa shape index (κ3) is 2.16. The van der Waals surface area contributed by atoms with Gasteiger partial charge in [0.2, 0.25) is 0 Å². The smallest absolute Gasteiger partial charge is 0.280 e. The summed E-state index contributed by atoms with van der Waals surface area (Å²) in [7, 11) is 0. The van der Waals surface area contributed by atoms with E-state index < -0.39 is 0 Å². The maximum absolute atomic E-state index is 9.17. The Kier molecular flexibility index (Phi) is 2.56. The summed E-state index contributed by atoms with van der Waals surface area (Å²) in [6, 6.07) is 6.51. The predicted octanol–water partition coefficient (Wildman–Crippen LogP) is 3.29. The molecule has 1 N–H and O–H groups in total. The molecule has 3 nitrogen and oxygen atoms in total. The SMILES string of the molecule is Oc1cccc(Oc2nc(Cl)cs2)c1. The number of halogens is 1. The van der Waals surface area contributed by atoms with Crippen molar-refractivity contribution in [1.29, 1.82) is 0 Å². The summed E-state index contributed by atoms with van der Waals surface area (Å²) in [6.45, 7) is 0. The first-order valence-electron chi connectivity index (χ1n) is 3.82. The van der Waals surface area contributed by atoms with Crippen LogP contribution in [0, 0.1) is 0 Å². The molecule has 2 rings (SSSR count). The van der Waals surface area contributed by atoms with Crippen molar-refractivity contribution in [2.75, 3.05) is 0 Å². The van der Waals surface area contributed by atoms with Gasteiger partial charge in [-0.05, 0) is 12.1 Å². The normalized spacial score (nSPS) is 10.1. The van der Waals surface area contributed by atoms with Crippen LogP contribution in [0.25, 0.3) is 0 Å². The molecule has 2 aromatic rings. The zero-order valence-corrected chi connectivity index (χ0v) is 8.55. The van der Waals surface area contributed by atoms with Crippen LogP contribution in [0.2, 0.25) is 5.15 Å². The van der Waals surface area contributed by atoms with E-state index in [9.17, 15) is 5.11 Å². The van der Waals surface area contributed by atoms with Gasteiger partial charge in [0.25, 0.3) is 5.19 Å². The van der Waals surface area contributed by atoms with Crippen LogP contribution in [0.15, 0.2) is 29.6 Å². The number of rotatable bonds is 2. The lowest BCUT2D eigenvalue weighted by molar-refractivity contribution is 0.454. The standard InChI is InChI=1S/C9H6ClNO2S/c10-8-5-14-9(11-8)13-7-3-1-2-6(12)4-7/h1-5,12H. The quantitative estimate of drug-likeness (QED) is 0.856. The van der Waals surface area contributed by atoms with E-state index in [0.717, 1.165) is 0 Å². The number of benzene rings is 1. The molecule has 1 heterocycles. The van der Waals surface area contributed by atoms with E-state index >= 15 is 0 Å². The third-order valence-corrected chi connectivity index (χ3v) is 2.52. The number of thiazole rings is 1. The van der Waals surface area contributed by atoms with Crippen LogP contribution in [0.5, 0.6) is 16.7 Å². The number of aromatic nitrogens is 1. The average Bonchev–Trinajstić information content (AvgIpc) is 2.51. The monoisotopic (exact) mass is 227 g/mol. The highest BCUT2D eigenvalue weighted by Crippen LogP contribution is 2.28. The van der Waals surface area contributed by atoms with Crippen LogP contribution in [-0.2, 0) is 0 Å². The van der Waals surface area contributed by atoms with E-state index in [1.54, 1.807) is 23.6 Å². The van der Waals surface area contributed by atoms with Gasteiger partial charge < -0.3 is 9.84 Å². The fourth-order valence-electron chi connectivity index (χ4n) is 0.934. The lowest BCUT2D eigenvalue weighted by Crippen LogP contribution is -1.81. The molecule has 0 saturated heterocycles. The van der Waals surface area contributed by atoms with Gasteiger partial charge in [0, 0.05) is 11.4 Å². The number of hydrogen-bond donors (Lipinski definition) is 1. The van der Waals surface area contributed by atoms with E-state index in [2.05, 4.69) is 4.98 Å². The van der Waals surface area contributed by atoms with Crippen LogP contribution in [-0.4, -0.2) is 10.1 Å². The highest BCUT2D eigenvalue weighted by atomic mass is 35.5. The number of nitrogens with zero attached hydrogens (tertiary/aromatic N) is 1. The lowest BCUT2D eigenvalue weighted by atomic mass is 10.3. The van der Waals surface area contributed by atoms with Gasteiger partial charge in [-0.25, -0.2) is 0 Å². The second kappa shape index (κ2) is 3.86. The average molecular weight is 228 g/mol. The van der Waals surface area contributed by atoms with Crippen molar-refractivity contribution in [2.24, 2.45) is 0 Å². The van der Waals surface area contributed by atoms with Crippen LogP contribution in [0.3, 0.4) is 0 Å². The van der Waals surface area contributed by atoms with Gasteiger partial charge in [-0.3, -0.25) is 0 Å². The van der Waals surface area contributed by atoms with Crippen LogP contribution >= 0.6 is 22.9 Å². The van der Waals surface area contributed by atoms with Crippen molar-refractivity contribution in [3.63, 3.8) is 0 Å². The molecule has 14 heavy (non-hydrogen) atoms. The van der Waals surface area contributed by atoms with Gasteiger partial charge in [-0.15, -0.1) is 0 Å². The molecule has 0 aliphatic rings. The highest BCUT2D eigenvalue weighted by Gasteiger charge is 2.02. The molecule has 0 bridgehead atoms. The Bertz CT molecular complexity index is 444. The first kappa shape index (κ1) is 9.30. The first-order valence-corrected chi connectivity index (χ1v) is 5.08. The Morgan fingerprint density at radius 2 is 2.29 bits per heavy atom. The van der Waals surface area contributed by atoms with Crippen molar-refractivity contribution in [2.45, 2.75) is 0 Å². The van der Waals surface area contributed by atoms with E-state index in [-0.39, 0.29) is 5.75 Å². The molecule has 0 atom stereocenters. The number of phenolic OH excluding ortho intramolecular Hbond substituents is 1. The van der Waals surface area contributed by atoms with Crippen LogP contribution < -0.4 is 4.74 Å². The predicted molar refractivity (Wildman–Crippen MR) is 55.3 cm³/mol. The summed E-state index contributed by atoms with van der Waals surface area (Å²) < 4.78 is 5.34. The van der Waals surface area contributed by atoms with Crippen molar-refractivity contribution < 1.29 is 9.84 Å². The molecule has 0 radical (unpaired) electrons. The zero-order chi connectivity index (χ0) is 9.97. The Morgan fingerprint density at radius 1 is 1.43 bits per heavy atom. The minimum Gasteiger partial charge on any atom is -0.508 e. The molecule has 1 aromatic heterocycles. The molecule has 0 fully saturated rings. The van der Waals surface area contributed by atoms with Gasteiger partial charge >= 0.3 is 0 Å². The molecule has 0 aliphatic carbocycles. The Hall–Kier alpha value is -1.26. The second-order valence-corrected chi connectivity index (χ2v) is 3.74. The van der Waals surface area contributed by atoms with Gasteiger partial charge in [0.1, 0.15) is 16.7 Å². The molecule has 0 spiro atoms. The van der Waals surface area contributed by atoms with Crippen LogP contribution in [0.1, 0.15) is 0 Å². The Labute approximate surface area is 89.6 Å². The van der Waals surface area contributed by atoms with E-state index in [1.807, 2.05) is 0 Å². The Balaban J connectivity index is 2.18. The molecule has 0 aliphatic heterocycles. The third-order valence-electron chi connectivity index (χ3n) is 1.48. The summed E-state index contributed by atoms with van der Waals surface area (Å²) in [5.41, 5.74) is 0. The second-order valence-electron chi connectivity index (χ2n) is 2.54. The number of aromatic hydroxyl groups is 1. The molecule has 1 aromatic carbocycles. The van der Waals surface area contributed by atoms with Crippen molar-refractivity contribution >= 4 is 22.9 Å². The molecule has 0 amide bonds. The fourth-order valence-corrected chi connectivity index (χ4v) is 1.74. The molecule has 0 saturated carbocycles. The fraction of sp³-hybridized carbons (Fsp3) is 0. The first-order chi connectivity index (χ1) is 6.74. The van der Waals surface area contributed by atoms with Crippen molar-refractivity contribution in [3.05, 3.63) is 34.8 Å². The summed E-state index contributed by atoms with van der Waals surface area (Å²) >= 11 is 6.93. The summed E-state index contributed by atoms with van der Waals surface area (Å²) in [4.78, 5) is 3.92. The topological polar surface area (TPSA) is 42.4 Å². The van der Waals surface area contributed by atoms with E-state index in [1.165, 1.54) is 17.4 Å². The highest BCUT2D eigenvalue weighted by molar-refractivity contribution is 7.11.